The van der Waals surface area contributed by atoms with Crippen LogP contribution in [0.5, 0.6) is 11.6 Å². The molecule has 2 heterocycles. The van der Waals surface area contributed by atoms with Gasteiger partial charge in [-0.05, 0) is 75.3 Å². The average Bonchev–Trinajstić information content (AvgIpc) is 2.91. The van der Waals surface area contributed by atoms with Crippen LogP contribution >= 0.6 is 0 Å². The number of benzene rings is 2. The van der Waals surface area contributed by atoms with Crippen LogP contribution in [0, 0.1) is 6.92 Å². The molecule has 2 aliphatic rings. The topological polar surface area (TPSA) is 132 Å². The first-order valence-electron chi connectivity index (χ1n) is 13.9. The number of rotatable bonds is 8. The van der Waals surface area contributed by atoms with E-state index in [0.717, 1.165) is 54.0 Å². The van der Waals surface area contributed by atoms with Crippen LogP contribution in [0.3, 0.4) is 0 Å². The fourth-order valence-electron chi connectivity index (χ4n) is 5.41. The van der Waals surface area contributed by atoms with E-state index in [1.165, 1.54) is 0 Å². The SMILES string of the molecule is Cc1cc(NS(=O)(=O)C2CCC2)c2ccccc2c1Oc1ncccc1-c1ccnc(NC2CCC(N)CC2)n1. The van der Waals surface area contributed by atoms with Crippen molar-refractivity contribution in [1.82, 2.24) is 15.0 Å². The van der Waals surface area contributed by atoms with Crippen LogP contribution in [-0.2, 0) is 10.0 Å². The molecule has 0 bridgehead atoms. The molecule has 0 aliphatic heterocycles. The minimum absolute atomic E-state index is 0.275. The van der Waals surface area contributed by atoms with E-state index in [0.29, 0.717) is 47.8 Å². The molecular formula is C30H34N6O3S. The third-order valence-corrected chi connectivity index (χ3v) is 9.78. The maximum atomic E-state index is 12.9. The number of aryl methyl sites for hydroxylation is 1. The Balaban J connectivity index is 1.31. The van der Waals surface area contributed by atoms with E-state index in [4.69, 9.17) is 15.5 Å². The van der Waals surface area contributed by atoms with Gasteiger partial charge in [0.05, 0.1) is 22.2 Å². The van der Waals surface area contributed by atoms with Gasteiger partial charge in [-0.15, -0.1) is 0 Å². The standard InChI is InChI=1S/C30H34N6O3S/c1-19-18-27(36-40(37,38)22-6-4-7-22)23-8-2-3-9-24(23)28(19)39-29-25(10-5-16-32-29)26-15-17-33-30(35-26)34-21-13-11-20(31)12-14-21/h2-3,5,8-10,15-18,20-22,36H,4,6-7,11-14,31H2,1H3,(H,33,34,35). The molecule has 0 amide bonds. The Bertz CT molecular complexity index is 1630. The molecule has 6 rings (SSSR count). The van der Waals surface area contributed by atoms with Crippen LogP contribution < -0.4 is 20.5 Å². The molecule has 4 aromatic rings. The van der Waals surface area contributed by atoms with Gasteiger partial charge >= 0.3 is 0 Å². The molecular weight excluding hydrogens is 524 g/mol. The first-order chi connectivity index (χ1) is 19.4. The van der Waals surface area contributed by atoms with E-state index in [1.54, 1.807) is 12.4 Å². The minimum Gasteiger partial charge on any atom is -0.437 e. The largest absolute Gasteiger partial charge is 0.437 e. The molecule has 2 aromatic carbocycles. The summed E-state index contributed by atoms with van der Waals surface area (Å²) < 4.78 is 35.2. The Kier molecular flexibility index (Phi) is 7.29. The van der Waals surface area contributed by atoms with Crippen LogP contribution in [0.4, 0.5) is 11.6 Å². The van der Waals surface area contributed by atoms with Gasteiger partial charge in [-0.1, -0.05) is 30.7 Å². The van der Waals surface area contributed by atoms with Crippen LogP contribution in [0.2, 0.25) is 0 Å². The first kappa shape index (κ1) is 26.5. The van der Waals surface area contributed by atoms with Crippen molar-refractivity contribution in [1.29, 1.82) is 0 Å². The van der Waals surface area contributed by atoms with Gasteiger partial charge in [0.15, 0.2) is 0 Å². The average molecular weight is 559 g/mol. The van der Waals surface area contributed by atoms with Crippen LogP contribution in [0.15, 0.2) is 60.9 Å². The number of nitrogens with one attached hydrogen (secondary N) is 2. The van der Waals surface area contributed by atoms with E-state index >= 15 is 0 Å². The number of nitrogens with two attached hydrogens (primary N) is 1. The van der Waals surface area contributed by atoms with Crippen molar-refractivity contribution in [3.05, 3.63) is 66.5 Å². The summed E-state index contributed by atoms with van der Waals surface area (Å²) >= 11 is 0. The van der Waals surface area contributed by atoms with Gasteiger partial charge in [0.2, 0.25) is 21.9 Å². The van der Waals surface area contributed by atoms with E-state index in [2.05, 4.69) is 20.0 Å². The Morgan fingerprint density at radius 3 is 2.45 bits per heavy atom. The highest BCUT2D eigenvalue weighted by Gasteiger charge is 2.32. The third-order valence-electron chi connectivity index (χ3n) is 7.93. The molecule has 40 heavy (non-hydrogen) atoms. The van der Waals surface area contributed by atoms with E-state index in [9.17, 15) is 8.42 Å². The van der Waals surface area contributed by atoms with E-state index in [1.807, 2.05) is 55.5 Å². The molecule has 0 unspecified atom stereocenters. The highest BCUT2D eigenvalue weighted by molar-refractivity contribution is 7.93. The zero-order chi connectivity index (χ0) is 27.7. The van der Waals surface area contributed by atoms with Gasteiger partial charge < -0.3 is 15.8 Å². The fourth-order valence-corrected chi connectivity index (χ4v) is 7.01. The molecule has 0 atom stereocenters. The maximum Gasteiger partial charge on any atom is 0.235 e. The van der Waals surface area contributed by atoms with E-state index in [-0.39, 0.29) is 11.3 Å². The highest BCUT2D eigenvalue weighted by Crippen LogP contribution is 2.40. The van der Waals surface area contributed by atoms with Gasteiger partial charge in [-0.2, -0.15) is 0 Å². The molecule has 2 aromatic heterocycles. The van der Waals surface area contributed by atoms with Gasteiger partial charge in [-0.3, -0.25) is 4.72 Å². The van der Waals surface area contributed by atoms with Gasteiger partial charge in [0, 0.05) is 35.2 Å². The van der Waals surface area contributed by atoms with Crippen molar-refractivity contribution in [2.24, 2.45) is 5.73 Å². The molecule has 0 saturated heterocycles. The number of aromatic nitrogens is 3. The zero-order valence-corrected chi connectivity index (χ0v) is 23.3. The fraction of sp³-hybridized carbons (Fsp3) is 0.367. The molecule has 208 valence electrons. The van der Waals surface area contributed by atoms with Crippen molar-refractivity contribution in [3.63, 3.8) is 0 Å². The highest BCUT2D eigenvalue weighted by atomic mass is 32.2. The van der Waals surface area contributed by atoms with Crippen LogP contribution in [-0.4, -0.2) is 40.7 Å². The second kappa shape index (κ2) is 11.0. The number of anilines is 2. The molecule has 2 saturated carbocycles. The zero-order valence-electron chi connectivity index (χ0n) is 22.5. The summed E-state index contributed by atoms with van der Waals surface area (Å²) in [4.78, 5) is 13.8. The second-order valence-corrected chi connectivity index (χ2v) is 12.8. The summed E-state index contributed by atoms with van der Waals surface area (Å²) in [6.45, 7) is 1.91. The van der Waals surface area contributed by atoms with Crippen molar-refractivity contribution in [2.75, 3.05) is 10.0 Å². The maximum absolute atomic E-state index is 12.9. The predicted octanol–water partition coefficient (Wildman–Crippen LogP) is 5.77. The number of pyridine rings is 1. The summed E-state index contributed by atoms with van der Waals surface area (Å²) in [6.07, 6.45) is 9.74. The Morgan fingerprint density at radius 2 is 1.70 bits per heavy atom. The molecule has 2 aliphatic carbocycles. The molecule has 4 N–H and O–H groups in total. The number of nitrogens with zero attached hydrogens (tertiary/aromatic N) is 3. The Hall–Kier alpha value is -3.76. The molecule has 10 heteroatoms. The normalized spacial score (nSPS) is 19.6. The number of sulfonamides is 1. The monoisotopic (exact) mass is 558 g/mol. The summed E-state index contributed by atoms with van der Waals surface area (Å²) in [5, 5.41) is 4.69. The summed E-state index contributed by atoms with van der Waals surface area (Å²) in [5.41, 5.74) is 8.84. The summed E-state index contributed by atoms with van der Waals surface area (Å²) in [6, 6.07) is 15.7. The van der Waals surface area contributed by atoms with Crippen molar-refractivity contribution in [3.8, 4) is 22.9 Å². The first-order valence-corrected chi connectivity index (χ1v) is 15.4. The lowest BCUT2D eigenvalue weighted by molar-refractivity contribution is 0.410. The van der Waals surface area contributed by atoms with Crippen LogP contribution in [0.1, 0.15) is 50.5 Å². The predicted molar refractivity (Wildman–Crippen MR) is 158 cm³/mol. The molecule has 0 radical (unpaired) electrons. The van der Waals surface area contributed by atoms with Crippen molar-refractivity contribution < 1.29 is 13.2 Å². The van der Waals surface area contributed by atoms with Crippen LogP contribution in [0.25, 0.3) is 22.0 Å². The number of ether oxygens (including phenoxy) is 1. The lowest BCUT2D eigenvalue weighted by Gasteiger charge is -2.26. The van der Waals surface area contributed by atoms with E-state index < -0.39 is 10.0 Å². The second-order valence-electron chi connectivity index (χ2n) is 10.8. The lowest BCUT2D eigenvalue weighted by Crippen LogP contribution is -2.33. The molecule has 2 fully saturated rings. The Morgan fingerprint density at radius 1 is 0.925 bits per heavy atom. The summed E-state index contributed by atoms with van der Waals surface area (Å²) in [5.74, 6) is 1.59. The van der Waals surface area contributed by atoms with Crippen molar-refractivity contribution in [2.45, 2.75) is 69.2 Å². The number of fused-ring (bicyclic) bond motifs is 1. The lowest BCUT2D eigenvalue weighted by atomic mass is 9.92. The van der Waals surface area contributed by atoms with Gasteiger partial charge in [0.1, 0.15) is 5.75 Å². The van der Waals surface area contributed by atoms with Crippen molar-refractivity contribution >= 4 is 32.4 Å². The Labute approximate surface area is 234 Å². The quantitative estimate of drug-likeness (QED) is 0.248. The minimum atomic E-state index is -3.45. The smallest absolute Gasteiger partial charge is 0.235 e. The third kappa shape index (κ3) is 5.46. The molecule has 0 spiro atoms. The number of hydrogen-bond donors (Lipinski definition) is 3. The van der Waals surface area contributed by atoms with Gasteiger partial charge in [0.25, 0.3) is 0 Å². The molecule has 9 nitrogen and oxygen atoms in total. The summed E-state index contributed by atoms with van der Waals surface area (Å²) in [7, 11) is -3.45. The van der Waals surface area contributed by atoms with Gasteiger partial charge in [-0.25, -0.2) is 23.4 Å². The number of hydrogen-bond acceptors (Lipinski definition) is 8.